The first-order valence-electron chi connectivity index (χ1n) is 7.19. The normalized spacial score (nSPS) is 17.0. The Morgan fingerprint density at radius 1 is 1.32 bits per heavy atom. The summed E-state index contributed by atoms with van der Waals surface area (Å²) in [5.74, 6) is -0.278. The molecule has 3 nitrogen and oxygen atoms in total. The molecule has 1 atom stereocenters. The number of halogens is 2. The molecule has 22 heavy (non-hydrogen) atoms. The number of nitrogens with one attached hydrogen (secondary N) is 1. The fourth-order valence-corrected chi connectivity index (χ4v) is 2.95. The zero-order valence-corrected chi connectivity index (χ0v) is 12.9. The Kier molecular flexibility index (Phi) is 4.03. The van der Waals surface area contributed by atoms with Gasteiger partial charge in [-0.05, 0) is 55.7 Å². The summed E-state index contributed by atoms with van der Waals surface area (Å²) < 4.78 is 13.4. The Bertz CT molecular complexity index is 720. The SMILES string of the molecule is C[C@H]1CCc2cc(F)ccc2N1C(=O)Nc1ccccc1Cl. The van der Waals surface area contributed by atoms with Gasteiger partial charge >= 0.3 is 6.03 Å². The van der Waals surface area contributed by atoms with Crippen LogP contribution >= 0.6 is 11.6 Å². The molecule has 1 aliphatic rings. The second-order valence-electron chi connectivity index (χ2n) is 5.44. The van der Waals surface area contributed by atoms with Crippen LogP contribution in [0.3, 0.4) is 0 Å². The number of carbonyl (C=O) groups excluding carboxylic acids is 1. The van der Waals surface area contributed by atoms with Crippen LogP contribution in [0.25, 0.3) is 0 Å². The van der Waals surface area contributed by atoms with Crippen LogP contribution < -0.4 is 10.2 Å². The van der Waals surface area contributed by atoms with Gasteiger partial charge in [-0.1, -0.05) is 23.7 Å². The lowest BCUT2D eigenvalue weighted by Gasteiger charge is -2.35. The molecule has 0 unspecified atom stereocenters. The Morgan fingerprint density at radius 3 is 2.86 bits per heavy atom. The van der Waals surface area contributed by atoms with Crippen LogP contribution in [0.15, 0.2) is 42.5 Å². The Labute approximate surface area is 133 Å². The fraction of sp³-hybridized carbons (Fsp3) is 0.235. The molecule has 3 rings (SSSR count). The van der Waals surface area contributed by atoms with E-state index in [-0.39, 0.29) is 17.9 Å². The van der Waals surface area contributed by atoms with Gasteiger partial charge in [-0.2, -0.15) is 0 Å². The van der Waals surface area contributed by atoms with Gasteiger partial charge in [0.25, 0.3) is 0 Å². The average molecular weight is 319 g/mol. The highest BCUT2D eigenvalue weighted by molar-refractivity contribution is 6.33. The summed E-state index contributed by atoms with van der Waals surface area (Å²) in [5, 5.41) is 3.31. The molecular formula is C17H16ClFN2O. The molecule has 1 aliphatic heterocycles. The van der Waals surface area contributed by atoms with Crippen molar-refractivity contribution in [3.8, 4) is 0 Å². The summed E-state index contributed by atoms with van der Waals surface area (Å²) in [6.45, 7) is 1.98. The van der Waals surface area contributed by atoms with Crippen LogP contribution in [0, 0.1) is 5.82 Å². The minimum absolute atomic E-state index is 0.0421. The van der Waals surface area contributed by atoms with Gasteiger partial charge in [-0.25, -0.2) is 9.18 Å². The second-order valence-corrected chi connectivity index (χ2v) is 5.85. The lowest BCUT2D eigenvalue weighted by molar-refractivity contribution is 0.254. The molecule has 0 aromatic heterocycles. The van der Waals surface area contributed by atoms with E-state index in [1.165, 1.54) is 12.1 Å². The van der Waals surface area contributed by atoms with Crippen molar-refractivity contribution in [2.75, 3.05) is 10.2 Å². The van der Waals surface area contributed by atoms with Crippen molar-refractivity contribution in [1.29, 1.82) is 0 Å². The molecule has 114 valence electrons. The van der Waals surface area contributed by atoms with Crippen LogP contribution in [-0.4, -0.2) is 12.1 Å². The van der Waals surface area contributed by atoms with E-state index >= 15 is 0 Å². The topological polar surface area (TPSA) is 32.3 Å². The highest BCUT2D eigenvalue weighted by atomic mass is 35.5. The quantitative estimate of drug-likeness (QED) is 0.800. The summed E-state index contributed by atoms with van der Waals surface area (Å²) in [6.07, 6.45) is 1.57. The van der Waals surface area contributed by atoms with Crippen molar-refractivity contribution < 1.29 is 9.18 Å². The summed E-state index contributed by atoms with van der Waals surface area (Å²) in [7, 11) is 0. The lowest BCUT2D eigenvalue weighted by Crippen LogP contribution is -2.44. The maximum absolute atomic E-state index is 13.4. The smallest absolute Gasteiger partial charge is 0.306 e. The molecule has 0 saturated carbocycles. The molecule has 1 N–H and O–H groups in total. The van der Waals surface area contributed by atoms with E-state index in [9.17, 15) is 9.18 Å². The van der Waals surface area contributed by atoms with Gasteiger partial charge in [-0.15, -0.1) is 0 Å². The van der Waals surface area contributed by atoms with Gasteiger partial charge in [0.15, 0.2) is 0 Å². The molecule has 0 radical (unpaired) electrons. The highest BCUT2D eigenvalue weighted by Gasteiger charge is 2.28. The monoisotopic (exact) mass is 318 g/mol. The molecule has 5 heteroatoms. The van der Waals surface area contributed by atoms with Crippen molar-refractivity contribution in [2.24, 2.45) is 0 Å². The number of benzene rings is 2. The van der Waals surface area contributed by atoms with Crippen LogP contribution in [0.4, 0.5) is 20.6 Å². The minimum Gasteiger partial charge on any atom is -0.306 e. The first kappa shape index (κ1) is 14.9. The number of rotatable bonds is 1. The molecule has 0 spiro atoms. The van der Waals surface area contributed by atoms with Gasteiger partial charge in [-0.3, -0.25) is 4.90 Å². The number of aryl methyl sites for hydroxylation is 1. The molecule has 2 aromatic carbocycles. The van der Waals surface area contributed by atoms with E-state index in [4.69, 9.17) is 11.6 Å². The predicted octanol–water partition coefficient (Wildman–Crippen LogP) is 4.85. The predicted molar refractivity (Wildman–Crippen MR) is 87.1 cm³/mol. The second kappa shape index (κ2) is 5.97. The van der Waals surface area contributed by atoms with E-state index in [0.29, 0.717) is 10.7 Å². The molecule has 2 amide bonds. The Morgan fingerprint density at radius 2 is 2.09 bits per heavy atom. The zero-order valence-electron chi connectivity index (χ0n) is 12.1. The lowest BCUT2D eigenvalue weighted by atomic mass is 9.97. The fourth-order valence-electron chi connectivity index (χ4n) is 2.77. The maximum Gasteiger partial charge on any atom is 0.326 e. The third-order valence-corrected chi connectivity index (χ3v) is 4.24. The number of nitrogens with zero attached hydrogens (tertiary/aromatic N) is 1. The van der Waals surface area contributed by atoms with Crippen molar-refractivity contribution in [2.45, 2.75) is 25.8 Å². The first-order chi connectivity index (χ1) is 10.6. The van der Waals surface area contributed by atoms with Crippen molar-refractivity contribution in [3.63, 3.8) is 0 Å². The average Bonchev–Trinajstić information content (AvgIpc) is 2.49. The summed E-state index contributed by atoms with van der Waals surface area (Å²) in [4.78, 5) is 14.3. The largest absolute Gasteiger partial charge is 0.326 e. The van der Waals surface area contributed by atoms with Crippen LogP contribution in [-0.2, 0) is 6.42 Å². The third-order valence-electron chi connectivity index (χ3n) is 3.91. The molecule has 1 heterocycles. The number of para-hydroxylation sites is 1. The van der Waals surface area contributed by atoms with Crippen LogP contribution in [0.2, 0.25) is 5.02 Å². The summed E-state index contributed by atoms with van der Waals surface area (Å²) in [5.41, 5.74) is 2.17. The Hall–Kier alpha value is -2.07. The van der Waals surface area contributed by atoms with Crippen molar-refractivity contribution >= 4 is 29.0 Å². The van der Waals surface area contributed by atoms with E-state index in [0.717, 1.165) is 24.1 Å². The standard InChI is InChI=1S/C17H16ClFN2O/c1-11-6-7-12-10-13(19)8-9-16(12)21(11)17(22)20-15-5-3-2-4-14(15)18/h2-5,8-11H,6-7H2,1H3,(H,20,22)/t11-/m0/s1. The number of hydrogen-bond acceptors (Lipinski definition) is 1. The molecule has 0 saturated heterocycles. The number of hydrogen-bond donors (Lipinski definition) is 1. The third kappa shape index (κ3) is 2.79. The Balaban J connectivity index is 1.91. The number of urea groups is 1. The van der Waals surface area contributed by atoms with E-state index in [2.05, 4.69) is 5.32 Å². The molecule has 0 bridgehead atoms. The van der Waals surface area contributed by atoms with E-state index in [1.54, 1.807) is 29.2 Å². The van der Waals surface area contributed by atoms with Crippen molar-refractivity contribution in [3.05, 3.63) is 58.9 Å². The van der Waals surface area contributed by atoms with Gasteiger partial charge in [0.1, 0.15) is 5.82 Å². The summed E-state index contributed by atoms with van der Waals surface area (Å²) >= 11 is 6.08. The molecule has 2 aromatic rings. The molecule has 0 fully saturated rings. The summed E-state index contributed by atoms with van der Waals surface area (Å²) in [6, 6.07) is 11.4. The van der Waals surface area contributed by atoms with Gasteiger partial charge in [0.2, 0.25) is 0 Å². The van der Waals surface area contributed by atoms with Crippen LogP contribution in [0.5, 0.6) is 0 Å². The van der Waals surface area contributed by atoms with E-state index < -0.39 is 0 Å². The van der Waals surface area contributed by atoms with E-state index in [1.807, 2.05) is 13.0 Å². The van der Waals surface area contributed by atoms with Crippen molar-refractivity contribution in [1.82, 2.24) is 0 Å². The maximum atomic E-state index is 13.4. The van der Waals surface area contributed by atoms with Gasteiger partial charge in [0, 0.05) is 11.7 Å². The minimum atomic E-state index is -0.278. The zero-order chi connectivity index (χ0) is 15.7. The van der Waals surface area contributed by atoms with Crippen LogP contribution in [0.1, 0.15) is 18.9 Å². The number of carbonyl (C=O) groups is 1. The van der Waals surface area contributed by atoms with Gasteiger partial charge < -0.3 is 5.32 Å². The number of fused-ring (bicyclic) bond motifs is 1. The number of anilines is 2. The molecular weight excluding hydrogens is 303 g/mol. The van der Waals surface area contributed by atoms with Gasteiger partial charge in [0.05, 0.1) is 10.7 Å². The molecule has 0 aliphatic carbocycles. The number of amides is 2. The highest BCUT2D eigenvalue weighted by Crippen LogP contribution is 2.32. The first-order valence-corrected chi connectivity index (χ1v) is 7.57.